The number of hydrogen-bond acceptors (Lipinski definition) is 4. The van der Waals surface area contributed by atoms with E-state index in [2.05, 4.69) is 27.8 Å². The molecule has 2 saturated heterocycles. The Bertz CT molecular complexity index is 303. The van der Waals surface area contributed by atoms with Gasteiger partial charge >= 0.3 is 0 Å². The molecule has 0 bridgehead atoms. The number of piperidine rings is 1. The van der Waals surface area contributed by atoms with E-state index in [1.54, 1.807) is 0 Å². The van der Waals surface area contributed by atoms with Crippen LogP contribution < -0.4 is 16.0 Å². The number of likely N-dealkylation sites (tertiary alicyclic amines) is 1. The zero-order valence-corrected chi connectivity index (χ0v) is 10.9. The Morgan fingerprint density at radius 1 is 1.44 bits per heavy atom. The number of carbonyl (C=O) groups excluding carboxylic acids is 2. The first-order valence-electron chi connectivity index (χ1n) is 6.72. The lowest BCUT2D eigenvalue weighted by Gasteiger charge is -2.33. The van der Waals surface area contributed by atoms with Crippen LogP contribution in [0.25, 0.3) is 0 Å². The van der Waals surface area contributed by atoms with Gasteiger partial charge in [-0.05, 0) is 19.4 Å². The van der Waals surface area contributed by atoms with E-state index >= 15 is 0 Å². The molecule has 2 aliphatic rings. The molecule has 2 rings (SSSR count). The molecule has 0 radical (unpaired) electrons. The van der Waals surface area contributed by atoms with E-state index in [0.29, 0.717) is 6.54 Å². The maximum absolute atomic E-state index is 12.0. The van der Waals surface area contributed by atoms with Gasteiger partial charge in [-0.2, -0.15) is 0 Å². The Labute approximate surface area is 107 Å². The lowest BCUT2D eigenvalue weighted by molar-refractivity contribution is -0.127. The second kappa shape index (κ2) is 6.15. The summed E-state index contributed by atoms with van der Waals surface area (Å²) in [6.07, 6.45) is 2.03. The Balaban J connectivity index is 1.73. The first kappa shape index (κ1) is 13.3. The molecule has 6 nitrogen and oxygen atoms in total. The number of nitrogens with one attached hydrogen (secondary N) is 3. The van der Waals surface area contributed by atoms with Gasteiger partial charge in [0.15, 0.2) is 0 Å². The summed E-state index contributed by atoms with van der Waals surface area (Å²) in [5.74, 6) is -0.0414. The maximum atomic E-state index is 12.0. The van der Waals surface area contributed by atoms with Crippen LogP contribution in [0.2, 0.25) is 0 Å². The molecule has 3 N–H and O–H groups in total. The first-order valence-corrected chi connectivity index (χ1v) is 6.72. The smallest absolute Gasteiger partial charge is 0.239 e. The van der Waals surface area contributed by atoms with Crippen molar-refractivity contribution in [3.05, 3.63) is 0 Å². The van der Waals surface area contributed by atoms with E-state index in [1.165, 1.54) is 0 Å². The van der Waals surface area contributed by atoms with Crippen LogP contribution >= 0.6 is 0 Å². The zero-order valence-electron chi connectivity index (χ0n) is 10.9. The SMILES string of the molecule is CCN1CCC(NC(=O)C2CNC(=O)CN2)CC1. The van der Waals surface area contributed by atoms with E-state index in [0.717, 1.165) is 32.5 Å². The molecule has 0 aliphatic carbocycles. The van der Waals surface area contributed by atoms with Gasteiger partial charge in [-0.1, -0.05) is 6.92 Å². The van der Waals surface area contributed by atoms with Crippen LogP contribution in [0.5, 0.6) is 0 Å². The average Bonchev–Trinajstić information content (AvgIpc) is 2.40. The third-order valence-corrected chi connectivity index (χ3v) is 3.71. The van der Waals surface area contributed by atoms with Gasteiger partial charge in [-0.25, -0.2) is 0 Å². The van der Waals surface area contributed by atoms with Gasteiger partial charge in [0.2, 0.25) is 11.8 Å². The Morgan fingerprint density at radius 2 is 2.17 bits per heavy atom. The fourth-order valence-electron chi connectivity index (χ4n) is 2.45. The molecule has 2 fully saturated rings. The van der Waals surface area contributed by atoms with E-state index in [9.17, 15) is 9.59 Å². The summed E-state index contributed by atoms with van der Waals surface area (Å²) in [4.78, 5) is 25.4. The summed E-state index contributed by atoms with van der Waals surface area (Å²) in [6, 6.07) is -0.00775. The van der Waals surface area contributed by atoms with Crippen molar-refractivity contribution in [2.24, 2.45) is 0 Å². The molecule has 6 heteroatoms. The minimum atomic E-state index is -0.285. The quantitative estimate of drug-likeness (QED) is 0.584. The van der Waals surface area contributed by atoms with E-state index in [4.69, 9.17) is 0 Å². The highest BCUT2D eigenvalue weighted by atomic mass is 16.2. The van der Waals surface area contributed by atoms with Crippen LogP contribution in [-0.4, -0.2) is 61.5 Å². The van der Waals surface area contributed by atoms with Gasteiger partial charge in [0, 0.05) is 25.7 Å². The molecule has 2 aliphatic heterocycles. The van der Waals surface area contributed by atoms with Crippen LogP contribution in [0.4, 0.5) is 0 Å². The molecule has 0 aromatic carbocycles. The molecule has 0 aromatic heterocycles. The highest BCUT2D eigenvalue weighted by Crippen LogP contribution is 2.09. The maximum Gasteiger partial charge on any atom is 0.239 e. The van der Waals surface area contributed by atoms with Crippen molar-refractivity contribution >= 4 is 11.8 Å². The van der Waals surface area contributed by atoms with Gasteiger partial charge in [0.25, 0.3) is 0 Å². The van der Waals surface area contributed by atoms with Crippen molar-refractivity contribution < 1.29 is 9.59 Å². The third-order valence-electron chi connectivity index (χ3n) is 3.71. The average molecular weight is 254 g/mol. The van der Waals surface area contributed by atoms with Crippen molar-refractivity contribution in [3.8, 4) is 0 Å². The predicted molar refractivity (Wildman–Crippen MR) is 68.1 cm³/mol. The number of carbonyl (C=O) groups is 2. The van der Waals surface area contributed by atoms with Crippen LogP contribution in [0.15, 0.2) is 0 Å². The molecule has 1 atom stereocenters. The molecule has 18 heavy (non-hydrogen) atoms. The minimum absolute atomic E-state index is 0.00458. The van der Waals surface area contributed by atoms with Crippen LogP contribution in [0, 0.1) is 0 Å². The first-order chi connectivity index (χ1) is 8.69. The molecule has 0 aromatic rings. The van der Waals surface area contributed by atoms with Crippen LogP contribution in [0.3, 0.4) is 0 Å². The van der Waals surface area contributed by atoms with Gasteiger partial charge in [0.05, 0.1) is 6.54 Å². The molecule has 0 saturated carbocycles. The molecule has 102 valence electrons. The minimum Gasteiger partial charge on any atom is -0.353 e. The van der Waals surface area contributed by atoms with Crippen molar-refractivity contribution in [2.75, 3.05) is 32.7 Å². The van der Waals surface area contributed by atoms with Crippen LogP contribution in [0.1, 0.15) is 19.8 Å². The fraction of sp³-hybridized carbons (Fsp3) is 0.833. The molecule has 2 amide bonds. The van der Waals surface area contributed by atoms with E-state index in [-0.39, 0.29) is 30.4 Å². The van der Waals surface area contributed by atoms with Gasteiger partial charge in [0.1, 0.15) is 6.04 Å². The highest BCUT2D eigenvalue weighted by Gasteiger charge is 2.26. The second-order valence-electron chi connectivity index (χ2n) is 4.95. The molecule has 1 unspecified atom stereocenters. The van der Waals surface area contributed by atoms with Crippen molar-refractivity contribution in [3.63, 3.8) is 0 Å². The Kier molecular flexibility index (Phi) is 4.54. The second-order valence-corrected chi connectivity index (χ2v) is 4.95. The molecule has 0 spiro atoms. The van der Waals surface area contributed by atoms with Crippen molar-refractivity contribution in [1.82, 2.24) is 20.9 Å². The summed E-state index contributed by atoms with van der Waals surface area (Å²) in [6.45, 7) is 5.96. The lowest BCUT2D eigenvalue weighted by Crippen LogP contribution is -2.59. The molecular formula is C12H22N4O2. The number of piperazine rings is 1. The summed E-state index contributed by atoms with van der Waals surface area (Å²) < 4.78 is 0. The summed E-state index contributed by atoms with van der Waals surface area (Å²) >= 11 is 0. The number of hydrogen-bond donors (Lipinski definition) is 3. The number of nitrogens with zero attached hydrogens (tertiary/aromatic N) is 1. The Hall–Kier alpha value is -1.14. The summed E-state index contributed by atoms with van der Waals surface area (Å²) in [5, 5.41) is 8.71. The third kappa shape index (κ3) is 3.43. The fourth-order valence-corrected chi connectivity index (χ4v) is 2.45. The zero-order chi connectivity index (χ0) is 13.0. The van der Waals surface area contributed by atoms with E-state index in [1.807, 2.05) is 0 Å². The van der Waals surface area contributed by atoms with E-state index < -0.39 is 0 Å². The normalized spacial score (nSPS) is 26.7. The summed E-state index contributed by atoms with van der Waals surface area (Å²) in [5.41, 5.74) is 0. The highest BCUT2D eigenvalue weighted by molar-refractivity contribution is 5.86. The predicted octanol–water partition coefficient (Wildman–Crippen LogP) is -1.33. The van der Waals surface area contributed by atoms with Gasteiger partial charge in [-0.3, -0.25) is 14.9 Å². The number of amides is 2. The largest absolute Gasteiger partial charge is 0.353 e. The molecule has 2 heterocycles. The monoisotopic (exact) mass is 254 g/mol. The standard InChI is InChI=1S/C12H22N4O2/c1-2-16-5-3-9(4-6-16)15-12(18)10-7-14-11(17)8-13-10/h9-10,13H,2-8H2,1H3,(H,14,17)(H,15,18). The van der Waals surface area contributed by atoms with Crippen molar-refractivity contribution in [1.29, 1.82) is 0 Å². The topological polar surface area (TPSA) is 73.5 Å². The van der Waals surface area contributed by atoms with Gasteiger partial charge < -0.3 is 15.5 Å². The lowest BCUT2D eigenvalue weighted by atomic mass is 10.0. The van der Waals surface area contributed by atoms with Crippen LogP contribution in [-0.2, 0) is 9.59 Å². The molecular weight excluding hydrogens is 232 g/mol. The van der Waals surface area contributed by atoms with Crippen molar-refractivity contribution in [2.45, 2.75) is 31.8 Å². The summed E-state index contributed by atoms with van der Waals surface area (Å²) in [7, 11) is 0. The number of rotatable bonds is 3. The Morgan fingerprint density at radius 3 is 2.72 bits per heavy atom. The van der Waals surface area contributed by atoms with Gasteiger partial charge in [-0.15, -0.1) is 0 Å².